The molecule has 0 amide bonds. The van der Waals surface area contributed by atoms with Gasteiger partial charge in [-0.15, -0.1) is 0 Å². The molecular weight excluding hydrogens is 181 g/mol. The van der Waals surface area contributed by atoms with Gasteiger partial charge in [0.1, 0.15) is 6.61 Å². The zero-order chi connectivity index (χ0) is 9.90. The summed E-state index contributed by atoms with van der Waals surface area (Å²) < 4.78 is 41.4. The van der Waals surface area contributed by atoms with Crippen molar-refractivity contribution in [3.8, 4) is 0 Å². The number of hydrogen-bond donors (Lipinski definition) is 0. The Balaban J connectivity index is 3.05. The lowest BCUT2D eigenvalue weighted by molar-refractivity contribution is -0.138. The molecule has 0 aromatic heterocycles. The van der Waals surface area contributed by atoms with Crippen LogP contribution in [0.1, 0.15) is 11.1 Å². The second-order valence-electron chi connectivity index (χ2n) is 2.44. The minimum absolute atomic E-state index is 0.0394. The maximum absolute atomic E-state index is 12.3. The molecule has 4 heteroatoms. The number of methoxy groups -OCH3 is 1. The Hall–Kier alpha value is -1.03. The van der Waals surface area contributed by atoms with Crippen LogP contribution in [0.4, 0.5) is 13.2 Å². The Bertz CT molecular complexity index is 280. The van der Waals surface area contributed by atoms with Crippen molar-refractivity contribution in [2.45, 2.75) is 6.18 Å². The number of ether oxygens (including phenoxy) is 1. The summed E-state index contributed by atoms with van der Waals surface area (Å²) in [6.07, 6.45) is -4.33. The van der Waals surface area contributed by atoms with Gasteiger partial charge in [-0.1, -0.05) is 18.2 Å². The topological polar surface area (TPSA) is 9.23 Å². The second kappa shape index (κ2) is 3.79. The molecule has 0 unspecified atom stereocenters. The van der Waals surface area contributed by atoms with Crippen molar-refractivity contribution < 1.29 is 17.9 Å². The molecule has 13 heavy (non-hydrogen) atoms. The van der Waals surface area contributed by atoms with E-state index >= 15 is 0 Å². The first-order chi connectivity index (χ1) is 6.05. The van der Waals surface area contributed by atoms with Crippen LogP contribution in [-0.4, -0.2) is 7.11 Å². The molecule has 71 valence electrons. The molecule has 1 aromatic rings. The zero-order valence-electron chi connectivity index (χ0n) is 6.93. The predicted molar refractivity (Wildman–Crippen MR) is 41.9 cm³/mol. The molecule has 0 aliphatic heterocycles. The van der Waals surface area contributed by atoms with Gasteiger partial charge in [0.05, 0.1) is 5.56 Å². The lowest BCUT2D eigenvalue weighted by Gasteiger charge is -2.10. The number of hydrogen-bond acceptors (Lipinski definition) is 1. The van der Waals surface area contributed by atoms with Crippen LogP contribution in [0.25, 0.3) is 0 Å². The molecule has 0 heterocycles. The van der Waals surface area contributed by atoms with E-state index in [1.54, 1.807) is 0 Å². The van der Waals surface area contributed by atoms with E-state index in [2.05, 4.69) is 4.74 Å². The number of rotatable bonds is 2. The van der Waals surface area contributed by atoms with E-state index in [-0.39, 0.29) is 5.56 Å². The van der Waals surface area contributed by atoms with Gasteiger partial charge >= 0.3 is 6.18 Å². The van der Waals surface area contributed by atoms with E-state index in [1.807, 2.05) is 0 Å². The summed E-state index contributed by atoms with van der Waals surface area (Å²) in [6, 6.07) is 5.24. The Kier molecular flexibility index (Phi) is 2.93. The van der Waals surface area contributed by atoms with Crippen molar-refractivity contribution in [2.75, 3.05) is 7.11 Å². The fourth-order valence-electron chi connectivity index (χ4n) is 0.985. The molecule has 0 saturated carbocycles. The second-order valence-corrected chi connectivity index (χ2v) is 2.44. The van der Waals surface area contributed by atoms with Crippen molar-refractivity contribution in [3.63, 3.8) is 0 Å². The van der Waals surface area contributed by atoms with E-state index in [9.17, 15) is 13.2 Å². The Morgan fingerprint density at radius 1 is 1.23 bits per heavy atom. The third kappa shape index (κ3) is 2.45. The molecule has 0 saturated heterocycles. The first-order valence-electron chi connectivity index (χ1n) is 3.58. The third-order valence-corrected chi connectivity index (χ3v) is 1.51. The summed E-state index contributed by atoms with van der Waals surface area (Å²) in [5.41, 5.74) is -0.644. The highest BCUT2D eigenvalue weighted by Gasteiger charge is 2.32. The maximum Gasteiger partial charge on any atom is 0.416 e. The van der Waals surface area contributed by atoms with Crippen LogP contribution in [0.5, 0.6) is 0 Å². The Morgan fingerprint density at radius 3 is 2.38 bits per heavy atom. The summed E-state index contributed by atoms with van der Waals surface area (Å²) in [7, 11) is 1.31. The standard InChI is InChI=1S/C9H8F3O/c1-13-6-7-4-2-3-5-8(7)9(10,11)12/h2-6H,1H3. The molecule has 1 nitrogen and oxygen atoms in total. The van der Waals surface area contributed by atoms with Crippen LogP contribution in [0, 0.1) is 6.61 Å². The molecule has 0 atom stereocenters. The quantitative estimate of drug-likeness (QED) is 0.695. The molecule has 1 aromatic carbocycles. The fraction of sp³-hybridized carbons (Fsp3) is 0.222. The molecule has 0 spiro atoms. The molecule has 1 radical (unpaired) electrons. The average molecular weight is 189 g/mol. The van der Waals surface area contributed by atoms with Crippen molar-refractivity contribution in [2.24, 2.45) is 0 Å². The summed E-state index contributed by atoms with van der Waals surface area (Å²) >= 11 is 0. The highest BCUT2D eigenvalue weighted by molar-refractivity contribution is 5.33. The van der Waals surface area contributed by atoms with Gasteiger partial charge in [-0.2, -0.15) is 13.2 Å². The lowest BCUT2D eigenvalue weighted by Crippen LogP contribution is -2.08. The zero-order valence-corrected chi connectivity index (χ0v) is 6.93. The molecule has 0 aliphatic carbocycles. The summed E-state index contributed by atoms with van der Waals surface area (Å²) in [5.74, 6) is 0. The van der Waals surface area contributed by atoms with E-state index in [4.69, 9.17) is 0 Å². The average Bonchev–Trinajstić information content (AvgIpc) is 2.04. The minimum Gasteiger partial charge on any atom is -0.374 e. The lowest BCUT2D eigenvalue weighted by atomic mass is 10.1. The van der Waals surface area contributed by atoms with Crippen LogP contribution in [0.2, 0.25) is 0 Å². The van der Waals surface area contributed by atoms with E-state index in [0.29, 0.717) is 0 Å². The normalized spacial score (nSPS) is 11.7. The molecule has 0 fully saturated rings. The molecule has 1 rings (SSSR count). The minimum atomic E-state index is -4.33. The van der Waals surface area contributed by atoms with Gasteiger partial charge < -0.3 is 4.74 Å². The summed E-state index contributed by atoms with van der Waals surface area (Å²) in [6.45, 7) is 1.07. The number of benzene rings is 1. The van der Waals surface area contributed by atoms with Gasteiger partial charge in [0.25, 0.3) is 0 Å². The monoisotopic (exact) mass is 189 g/mol. The third-order valence-electron chi connectivity index (χ3n) is 1.51. The highest BCUT2D eigenvalue weighted by Crippen LogP contribution is 2.32. The van der Waals surface area contributed by atoms with Crippen LogP contribution in [0.15, 0.2) is 24.3 Å². The summed E-state index contributed by atoms with van der Waals surface area (Å²) in [4.78, 5) is 0. The number of halogens is 3. The maximum atomic E-state index is 12.3. The smallest absolute Gasteiger partial charge is 0.374 e. The first-order valence-corrected chi connectivity index (χ1v) is 3.58. The van der Waals surface area contributed by atoms with Crippen LogP contribution >= 0.6 is 0 Å². The largest absolute Gasteiger partial charge is 0.416 e. The van der Waals surface area contributed by atoms with Gasteiger partial charge in [0, 0.05) is 7.11 Å². The fourth-order valence-corrected chi connectivity index (χ4v) is 0.985. The predicted octanol–water partition coefficient (Wildman–Crippen LogP) is 2.86. The molecule has 0 N–H and O–H groups in total. The van der Waals surface area contributed by atoms with Crippen molar-refractivity contribution >= 4 is 0 Å². The van der Waals surface area contributed by atoms with Crippen LogP contribution < -0.4 is 0 Å². The number of alkyl halides is 3. The first kappa shape index (κ1) is 10.1. The molecule has 0 bridgehead atoms. The van der Waals surface area contributed by atoms with Gasteiger partial charge in [-0.25, -0.2) is 0 Å². The van der Waals surface area contributed by atoms with Gasteiger partial charge in [-0.05, 0) is 11.6 Å². The highest BCUT2D eigenvalue weighted by atomic mass is 19.4. The van der Waals surface area contributed by atoms with Crippen molar-refractivity contribution in [1.82, 2.24) is 0 Å². The Labute approximate surface area is 74.1 Å². The van der Waals surface area contributed by atoms with Gasteiger partial charge in [0.15, 0.2) is 0 Å². The van der Waals surface area contributed by atoms with Crippen molar-refractivity contribution in [1.29, 1.82) is 0 Å². The Morgan fingerprint density at radius 2 is 1.85 bits per heavy atom. The van der Waals surface area contributed by atoms with Gasteiger partial charge in [0.2, 0.25) is 0 Å². The van der Waals surface area contributed by atoms with E-state index in [0.717, 1.165) is 12.7 Å². The SMILES string of the molecule is CO[CH]c1ccccc1C(F)(F)F. The summed E-state index contributed by atoms with van der Waals surface area (Å²) in [5, 5.41) is 0. The van der Waals surface area contributed by atoms with Crippen molar-refractivity contribution in [3.05, 3.63) is 42.0 Å². The van der Waals surface area contributed by atoms with E-state index < -0.39 is 11.7 Å². The van der Waals surface area contributed by atoms with Crippen LogP contribution in [-0.2, 0) is 10.9 Å². The van der Waals surface area contributed by atoms with E-state index in [1.165, 1.54) is 25.3 Å². The van der Waals surface area contributed by atoms with Crippen LogP contribution in [0.3, 0.4) is 0 Å². The molecular formula is C9H8F3O. The van der Waals surface area contributed by atoms with Gasteiger partial charge in [-0.3, -0.25) is 0 Å². The molecule has 0 aliphatic rings.